The van der Waals surface area contributed by atoms with E-state index in [4.69, 9.17) is 4.98 Å². The summed E-state index contributed by atoms with van der Waals surface area (Å²) >= 11 is 0. The average molecular weight is 330 g/mol. The van der Waals surface area contributed by atoms with Gasteiger partial charge in [0.15, 0.2) is 0 Å². The third-order valence-corrected chi connectivity index (χ3v) is 4.10. The molecule has 0 radical (unpaired) electrons. The number of para-hydroxylation sites is 2. The van der Waals surface area contributed by atoms with Crippen molar-refractivity contribution in [1.82, 2.24) is 14.4 Å². The molecule has 0 saturated heterocycles. The zero-order chi connectivity index (χ0) is 17.4. The topological polar surface area (TPSA) is 62.5 Å². The van der Waals surface area contributed by atoms with Gasteiger partial charge in [0.05, 0.1) is 0 Å². The zero-order valence-electron chi connectivity index (χ0n) is 14.1. The Morgan fingerprint density at radius 2 is 1.64 bits per heavy atom. The van der Waals surface area contributed by atoms with E-state index in [1.807, 2.05) is 66.8 Å². The molecule has 0 saturated carbocycles. The van der Waals surface area contributed by atoms with Gasteiger partial charge >= 0.3 is 0 Å². The molecule has 0 spiro atoms. The number of rotatable bonds is 3. The first-order valence-corrected chi connectivity index (χ1v) is 8.10. The molecule has 0 aliphatic rings. The van der Waals surface area contributed by atoms with Crippen LogP contribution in [0, 0.1) is 13.8 Å². The Hall–Kier alpha value is -3.34. The molecule has 25 heavy (non-hydrogen) atoms. The van der Waals surface area contributed by atoms with Gasteiger partial charge in [-0.2, -0.15) is 0 Å². The van der Waals surface area contributed by atoms with Gasteiger partial charge in [0, 0.05) is 22.6 Å². The Morgan fingerprint density at radius 3 is 2.40 bits per heavy atom. The van der Waals surface area contributed by atoms with Gasteiger partial charge in [0.2, 0.25) is 5.78 Å². The van der Waals surface area contributed by atoms with E-state index in [2.05, 4.69) is 10.3 Å². The first-order chi connectivity index (χ1) is 12.1. The van der Waals surface area contributed by atoms with Crippen LogP contribution in [0.5, 0.6) is 5.75 Å². The number of phenolic OH excluding ortho intramolecular Hbond substituents is 1. The van der Waals surface area contributed by atoms with Crippen LogP contribution in [-0.4, -0.2) is 19.5 Å². The molecule has 5 heteroatoms. The molecular formula is C20H18N4O. The Balaban J connectivity index is 2.00. The molecule has 2 aromatic carbocycles. The van der Waals surface area contributed by atoms with Crippen molar-refractivity contribution in [2.45, 2.75) is 13.8 Å². The number of nitrogens with zero attached hydrogens (tertiary/aromatic N) is 3. The van der Waals surface area contributed by atoms with Gasteiger partial charge in [-0.3, -0.25) is 4.40 Å². The maximum absolute atomic E-state index is 10.3. The number of imidazole rings is 1. The van der Waals surface area contributed by atoms with Crippen LogP contribution in [-0.2, 0) is 0 Å². The Bertz CT molecular complexity index is 1050. The number of aryl methyl sites for hydroxylation is 2. The van der Waals surface area contributed by atoms with Crippen LogP contribution in [0.25, 0.3) is 17.0 Å². The van der Waals surface area contributed by atoms with E-state index >= 15 is 0 Å². The Morgan fingerprint density at radius 1 is 0.920 bits per heavy atom. The van der Waals surface area contributed by atoms with Crippen molar-refractivity contribution >= 4 is 17.3 Å². The minimum atomic E-state index is 0.191. The molecule has 4 aromatic rings. The van der Waals surface area contributed by atoms with E-state index < -0.39 is 0 Å². The number of phenols is 1. The molecular weight excluding hydrogens is 312 g/mol. The SMILES string of the molecule is Cc1cc(C)n2c(Nc3ccccc3)c(-c3ccccc3O)nc2n1. The smallest absolute Gasteiger partial charge is 0.236 e. The molecule has 0 bridgehead atoms. The number of anilines is 2. The van der Waals surface area contributed by atoms with Gasteiger partial charge in [-0.1, -0.05) is 30.3 Å². The summed E-state index contributed by atoms with van der Waals surface area (Å²) in [6, 6.07) is 19.1. The van der Waals surface area contributed by atoms with Crippen LogP contribution in [0.1, 0.15) is 11.4 Å². The van der Waals surface area contributed by atoms with Crippen molar-refractivity contribution in [3.63, 3.8) is 0 Å². The average Bonchev–Trinajstić information content (AvgIpc) is 2.94. The van der Waals surface area contributed by atoms with Crippen molar-refractivity contribution in [3.8, 4) is 17.0 Å². The second-order valence-electron chi connectivity index (χ2n) is 5.99. The van der Waals surface area contributed by atoms with Gasteiger partial charge in [0.1, 0.15) is 17.3 Å². The summed E-state index contributed by atoms with van der Waals surface area (Å²) in [6.45, 7) is 3.97. The van der Waals surface area contributed by atoms with Crippen molar-refractivity contribution < 1.29 is 5.11 Å². The first-order valence-electron chi connectivity index (χ1n) is 8.10. The van der Waals surface area contributed by atoms with Crippen LogP contribution in [0.4, 0.5) is 11.5 Å². The molecule has 5 nitrogen and oxygen atoms in total. The third kappa shape index (κ3) is 2.70. The quantitative estimate of drug-likeness (QED) is 0.582. The summed E-state index contributed by atoms with van der Waals surface area (Å²) in [5.74, 6) is 1.58. The maximum atomic E-state index is 10.3. The van der Waals surface area contributed by atoms with E-state index in [1.54, 1.807) is 12.1 Å². The van der Waals surface area contributed by atoms with E-state index in [0.717, 1.165) is 22.9 Å². The summed E-state index contributed by atoms with van der Waals surface area (Å²) in [7, 11) is 0. The van der Waals surface area contributed by atoms with Gasteiger partial charge in [-0.25, -0.2) is 9.97 Å². The monoisotopic (exact) mass is 330 g/mol. The molecule has 0 atom stereocenters. The summed E-state index contributed by atoms with van der Waals surface area (Å²) in [4.78, 5) is 9.24. The lowest BCUT2D eigenvalue weighted by atomic mass is 10.1. The largest absolute Gasteiger partial charge is 0.507 e. The number of nitrogens with one attached hydrogen (secondary N) is 1. The standard InChI is InChI=1S/C20H18N4O/c1-13-12-14(2)24-19(22-15-8-4-3-5-9-15)18(23-20(24)21-13)16-10-6-7-11-17(16)25/h3-12,22,25H,1-2H3. The van der Waals surface area contributed by atoms with Gasteiger partial charge in [0.25, 0.3) is 0 Å². The third-order valence-electron chi connectivity index (χ3n) is 4.10. The van der Waals surface area contributed by atoms with Gasteiger partial charge < -0.3 is 10.4 Å². The first kappa shape index (κ1) is 15.2. The summed E-state index contributed by atoms with van der Waals surface area (Å²) < 4.78 is 1.97. The van der Waals surface area contributed by atoms with Gasteiger partial charge in [-0.15, -0.1) is 0 Å². The van der Waals surface area contributed by atoms with E-state index in [1.165, 1.54) is 0 Å². The molecule has 0 aliphatic heterocycles. The highest BCUT2D eigenvalue weighted by Gasteiger charge is 2.19. The van der Waals surface area contributed by atoms with Crippen LogP contribution in [0.3, 0.4) is 0 Å². The van der Waals surface area contributed by atoms with Crippen LogP contribution >= 0.6 is 0 Å². The number of hydrogen-bond donors (Lipinski definition) is 2. The van der Waals surface area contributed by atoms with Crippen molar-refractivity contribution in [2.75, 3.05) is 5.32 Å². The van der Waals surface area contributed by atoms with Crippen molar-refractivity contribution in [2.24, 2.45) is 0 Å². The summed E-state index contributed by atoms with van der Waals surface area (Å²) in [6.07, 6.45) is 0. The highest BCUT2D eigenvalue weighted by molar-refractivity contribution is 5.82. The number of aromatic nitrogens is 3. The fourth-order valence-corrected chi connectivity index (χ4v) is 3.01. The molecule has 2 N–H and O–H groups in total. The second kappa shape index (κ2) is 5.94. The lowest BCUT2D eigenvalue weighted by molar-refractivity contribution is 0.477. The molecule has 2 aromatic heterocycles. The Kier molecular flexibility index (Phi) is 3.61. The maximum Gasteiger partial charge on any atom is 0.236 e. The van der Waals surface area contributed by atoms with Crippen LogP contribution < -0.4 is 5.32 Å². The van der Waals surface area contributed by atoms with E-state index in [9.17, 15) is 5.11 Å². The normalized spacial score (nSPS) is 11.0. The van der Waals surface area contributed by atoms with E-state index in [-0.39, 0.29) is 5.75 Å². The highest BCUT2D eigenvalue weighted by Crippen LogP contribution is 2.36. The molecule has 0 amide bonds. The molecule has 0 fully saturated rings. The van der Waals surface area contributed by atoms with Crippen LogP contribution in [0.15, 0.2) is 60.7 Å². The minimum Gasteiger partial charge on any atom is -0.507 e. The van der Waals surface area contributed by atoms with E-state index in [0.29, 0.717) is 17.0 Å². The number of hydrogen-bond acceptors (Lipinski definition) is 4. The fraction of sp³-hybridized carbons (Fsp3) is 0.100. The zero-order valence-corrected chi connectivity index (χ0v) is 14.1. The minimum absolute atomic E-state index is 0.191. The lowest BCUT2D eigenvalue weighted by Crippen LogP contribution is -2.01. The lowest BCUT2D eigenvalue weighted by Gasteiger charge is -2.11. The highest BCUT2D eigenvalue weighted by atomic mass is 16.3. The molecule has 124 valence electrons. The van der Waals surface area contributed by atoms with Crippen molar-refractivity contribution in [3.05, 3.63) is 72.1 Å². The number of aromatic hydroxyl groups is 1. The number of fused-ring (bicyclic) bond motifs is 1. The molecule has 4 rings (SSSR count). The van der Waals surface area contributed by atoms with Crippen molar-refractivity contribution in [1.29, 1.82) is 0 Å². The van der Waals surface area contributed by atoms with Gasteiger partial charge in [-0.05, 0) is 44.2 Å². The molecule has 0 aliphatic carbocycles. The molecule has 0 unspecified atom stereocenters. The number of benzene rings is 2. The summed E-state index contributed by atoms with van der Waals surface area (Å²) in [5.41, 5.74) is 4.22. The fourth-order valence-electron chi connectivity index (χ4n) is 3.01. The molecule has 2 heterocycles. The van der Waals surface area contributed by atoms with Crippen LogP contribution in [0.2, 0.25) is 0 Å². The predicted octanol–water partition coefficient (Wildman–Crippen LogP) is 4.46. The Labute approximate surface area is 145 Å². The predicted molar refractivity (Wildman–Crippen MR) is 99.3 cm³/mol. The second-order valence-corrected chi connectivity index (χ2v) is 5.99. The summed E-state index contributed by atoms with van der Waals surface area (Å²) in [5, 5.41) is 13.7.